The molecule has 0 spiro atoms. The number of benzene rings is 3. The smallest absolute Gasteiger partial charge is 0.290 e. The van der Waals surface area contributed by atoms with Crippen molar-refractivity contribution < 1.29 is 17.8 Å². The minimum Gasteiger partial charge on any atom is -0.369 e. The van der Waals surface area contributed by atoms with Crippen LogP contribution in [0.25, 0.3) is 22.4 Å². The van der Waals surface area contributed by atoms with Gasteiger partial charge in [-0.15, -0.1) is 4.40 Å². The molecule has 0 aliphatic rings. The summed E-state index contributed by atoms with van der Waals surface area (Å²) in [7, 11) is -4.00. The SMILES string of the molecule is Cc1cc(-c2ccccc2)cc(-c2ccccc2)[n+]1CC(=O)Nc1ccc(S(=O)(=O)N=C(N)N)cc1. The van der Waals surface area contributed by atoms with Gasteiger partial charge < -0.3 is 16.8 Å². The van der Waals surface area contributed by atoms with Crippen LogP contribution in [0.1, 0.15) is 5.69 Å². The number of carbonyl (C=O) groups excluding carboxylic acids is 1. The molecule has 0 aliphatic heterocycles. The third-order valence-corrected chi connectivity index (χ3v) is 6.83. The first-order valence-electron chi connectivity index (χ1n) is 11.1. The Bertz CT molecular complexity index is 1520. The fourth-order valence-electron chi connectivity index (χ4n) is 3.86. The quantitative estimate of drug-likeness (QED) is 0.204. The molecule has 182 valence electrons. The number of sulfonamides is 1. The van der Waals surface area contributed by atoms with Crippen molar-refractivity contribution >= 4 is 27.6 Å². The first-order valence-corrected chi connectivity index (χ1v) is 12.6. The number of aryl methyl sites for hydroxylation is 1. The molecule has 5 N–H and O–H groups in total. The molecule has 0 fully saturated rings. The molecule has 0 radical (unpaired) electrons. The summed E-state index contributed by atoms with van der Waals surface area (Å²) in [4.78, 5) is 12.9. The maximum Gasteiger partial charge on any atom is 0.290 e. The van der Waals surface area contributed by atoms with Crippen LogP contribution in [0.3, 0.4) is 0 Å². The molecule has 0 saturated heterocycles. The molecule has 1 aromatic heterocycles. The predicted molar refractivity (Wildman–Crippen MR) is 140 cm³/mol. The number of nitrogens with one attached hydrogen (secondary N) is 1. The minimum atomic E-state index is -4.00. The van der Waals surface area contributed by atoms with E-state index in [9.17, 15) is 13.2 Å². The van der Waals surface area contributed by atoms with Crippen molar-refractivity contribution in [1.82, 2.24) is 0 Å². The normalized spacial score (nSPS) is 11.0. The third kappa shape index (κ3) is 5.76. The molecule has 0 atom stereocenters. The van der Waals surface area contributed by atoms with E-state index in [1.54, 1.807) is 0 Å². The Morgan fingerprint density at radius 1 is 0.833 bits per heavy atom. The highest BCUT2D eigenvalue weighted by molar-refractivity contribution is 7.90. The van der Waals surface area contributed by atoms with Crippen LogP contribution in [0.5, 0.6) is 0 Å². The van der Waals surface area contributed by atoms with Gasteiger partial charge in [-0.2, -0.15) is 13.0 Å². The van der Waals surface area contributed by atoms with Gasteiger partial charge in [0, 0.05) is 30.3 Å². The van der Waals surface area contributed by atoms with Crippen molar-refractivity contribution in [3.05, 3.63) is 103 Å². The van der Waals surface area contributed by atoms with Gasteiger partial charge in [0.1, 0.15) is 0 Å². The third-order valence-electron chi connectivity index (χ3n) is 5.51. The van der Waals surface area contributed by atoms with Gasteiger partial charge in [0.25, 0.3) is 15.9 Å². The van der Waals surface area contributed by atoms with Crippen molar-refractivity contribution in [1.29, 1.82) is 0 Å². The van der Waals surface area contributed by atoms with Crippen LogP contribution in [0.2, 0.25) is 0 Å². The summed E-state index contributed by atoms with van der Waals surface area (Å²) in [5.74, 6) is -0.806. The number of carbonyl (C=O) groups is 1. The Labute approximate surface area is 210 Å². The Morgan fingerprint density at radius 3 is 2.00 bits per heavy atom. The molecule has 0 saturated carbocycles. The van der Waals surface area contributed by atoms with Crippen LogP contribution in [0.4, 0.5) is 5.69 Å². The molecular formula is C27H26N5O3S+. The summed E-state index contributed by atoms with van der Waals surface area (Å²) >= 11 is 0. The van der Waals surface area contributed by atoms with E-state index in [-0.39, 0.29) is 17.3 Å². The van der Waals surface area contributed by atoms with Crippen LogP contribution < -0.4 is 21.4 Å². The molecule has 1 amide bonds. The number of pyridine rings is 1. The highest BCUT2D eigenvalue weighted by Gasteiger charge is 2.22. The number of hydrogen-bond donors (Lipinski definition) is 3. The van der Waals surface area contributed by atoms with E-state index in [0.29, 0.717) is 5.69 Å². The lowest BCUT2D eigenvalue weighted by Gasteiger charge is -2.11. The molecule has 0 unspecified atom stereocenters. The standard InChI is InChI=1S/C27H25N5O3S/c1-19-16-22(20-8-4-2-5-9-20)17-25(21-10-6-3-7-11-21)32(19)18-26(33)30-23-12-14-24(15-13-23)36(34,35)31-27(28)29/h2-17H,18H2,1H3,(H4-,28,29,30,31,33)/p+1. The van der Waals surface area contributed by atoms with Gasteiger partial charge in [-0.3, -0.25) is 4.79 Å². The monoisotopic (exact) mass is 500 g/mol. The van der Waals surface area contributed by atoms with Crippen LogP contribution in [0, 0.1) is 6.92 Å². The predicted octanol–water partition coefficient (Wildman–Crippen LogP) is 3.22. The van der Waals surface area contributed by atoms with E-state index >= 15 is 0 Å². The molecule has 36 heavy (non-hydrogen) atoms. The number of guanidine groups is 1. The van der Waals surface area contributed by atoms with E-state index in [1.807, 2.05) is 60.0 Å². The lowest BCUT2D eigenvalue weighted by molar-refractivity contribution is -0.679. The first kappa shape index (κ1) is 24.6. The zero-order valence-electron chi connectivity index (χ0n) is 19.6. The highest BCUT2D eigenvalue weighted by Crippen LogP contribution is 2.25. The van der Waals surface area contributed by atoms with E-state index < -0.39 is 16.0 Å². The lowest BCUT2D eigenvalue weighted by atomic mass is 10.0. The van der Waals surface area contributed by atoms with Crippen LogP contribution in [0.15, 0.2) is 106 Å². The summed E-state index contributed by atoms with van der Waals surface area (Å²) in [6.45, 7) is 2.04. The zero-order chi connectivity index (χ0) is 25.7. The highest BCUT2D eigenvalue weighted by atomic mass is 32.2. The second kappa shape index (κ2) is 10.4. The molecule has 4 aromatic rings. The second-order valence-corrected chi connectivity index (χ2v) is 9.76. The van der Waals surface area contributed by atoms with E-state index in [1.165, 1.54) is 24.3 Å². The maximum atomic E-state index is 13.0. The van der Waals surface area contributed by atoms with Crippen molar-refractivity contribution in [2.45, 2.75) is 18.4 Å². The van der Waals surface area contributed by atoms with E-state index in [0.717, 1.165) is 28.1 Å². The molecule has 4 rings (SSSR count). The molecule has 3 aromatic carbocycles. The van der Waals surface area contributed by atoms with Crippen molar-refractivity contribution in [2.24, 2.45) is 15.9 Å². The number of rotatable bonds is 7. The van der Waals surface area contributed by atoms with Gasteiger partial charge in [-0.05, 0) is 47.5 Å². The summed E-state index contributed by atoms with van der Waals surface area (Å²) in [5, 5.41) is 2.82. The van der Waals surface area contributed by atoms with Crippen LogP contribution in [-0.4, -0.2) is 20.3 Å². The summed E-state index contributed by atoms with van der Waals surface area (Å²) in [6, 6.07) is 29.7. The Hall–Kier alpha value is -4.50. The fraction of sp³-hybridized carbons (Fsp3) is 0.0741. The maximum absolute atomic E-state index is 13.0. The number of anilines is 1. The van der Waals surface area contributed by atoms with Crippen LogP contribution >= 0.6 is 0 Å². The lowest BCUT2D eigenvalue weighted by Crippen LogP contribution is -2.44. The number of aromatic nitrogens is 1. The second-order valence-electron chi connectivity index (χ2n) is 8.15. The fourth-order valence-corrected chi connectivity index (χ4v) is 4.72. The number of amides is 1. The molecule has 9 heteroatoms. The summed E-state index contributed by atoms with van der Waals surface area (Å²) < 4.78 is 29.4. The van der Waals surface area contributed by atoms with Gasteiger partial charge in [0.15, 0.2) is 5.69 Å². The minimum absolute atomic E-state index is 0.0686. The van der Waals surface area contributed by atoms with Gasteiger partial charge in [-0.25, -0.2) is 0 Å². The Balaban J connectivity index is 1.61. The van der Waals surface area contributed by atoms with Gasteiger partial charge in [-0.1, -0.05) is 48.5 Å². The number of hydrogen-bond acceptors (Lipinski definition) is 3. The molecule has 0 aliphatic carbocycles. The average molecular weight is 501 g/mol. The van der Waals surface area contributed by atoms with Crippen LogP contribution in [-0.2, 0) is 21.4 Å². The summed E-state index contributed by atoms with van der Waals surface area (Å²) in [5.41, 5.74) is 15.8. The Morgan fingerprint density at radius 2 is 1.42 bits per heavy atom. The van der Waals surface area contributed by atoms with Gasteiger partial charge in [0.05, 0.1) is 4.90 Å². The van der Waals surface area contributed by atoms with E-state index in [2.05, 4.69) is 34.0 Å². The molecule has 8 nitrogen and oxygen atoms in total. The largest absolute Gasteiger partial charge is 0.369 e. The van der Waals surface area contributed by atoms with E-state index in [4.69, 9.17) is 11.5 Å². The number of nitrogens with two attached hydrogens (primary N) is 2. The first-order chi connectivity index (χ1) is 17.2. The van der Waals surface area contributed by atoms with Crippen molar-refractivity contribution in [3.63, 3.8) is 0 Å². The molecular weight excluding hydrogens is 474 g/mol. The summed E-state index contributed by atoms with van der Waals surface area (Å²) in [6.07, 6.45) is 0. The average Bonchev–Trinajstić information content (AvgIpc) is 2.86. The van der Waals surface area contributed by atoms with Gasteiger partial charge >= 0.3 is 0 Å². The van der Waals surface area contributed by atoms with Crippen molar-refractivity contribution in [2.75, 3.05) is 5.32 Å². The topological polar surface area (TPSA) is 132 Å². The van der Waals surface area contributed by atoms with Crippen molar-refractivity contribution in [3.8, 4) is 22.4 Å². The van der Waals surface area contributed by atoms with Gasteiger partial charge in [0.2, 0.25) is 18.2 Å². The Kier molecular flexibility index (Phi) is 7.12. The molecule has 1 heterocycles. The zero-order valence-corrected chi connectivity index (χ0v) is 20.4. The number of nitrogens with zero attached hydrogens (tertiary/aromatic N) is 2. The molecule has 0 bridgehead atoms.